The van der Waals surface area contributed by atoms with E-state index in [9.17, 15) is 19.5 Å². The van der Waals surface area contributed by atoms with Crippen LogP contribution in [-0.2, 0) is 20.8 Å². The normalized spacial score (nSPS) is 20.2. The molecule has 1 fully saturated rings. The molecule has 7 nitrogen and oxygen atoms in total. The van der Waals surface area contributed by atoms with Crippen LogP contribution < -0.4 is 11.1 Å². The number of carbonyl (C=O) groups is 3. The van der Waals surface area contributed by atoms with Crippen LogP contribution in [0.2, 0.25) is 0 Å². The lowest BCUT2D eigenvalue weighted by molar-refractivity contribution is -0.158. The number of benzene rings is 2. The number of hydrogen-bond donors (Lipinski definition) is 3. The van der Waals surface area contributed by atoms with E-state index < -0.39 is 41.2 Å². The van der Waals surface area contributed by atoms with Crippen molar-refractivity contribution in [2.75, 3.05) is 12.3 Å². The van der Waals surface area contributed by atoms with Crippen LogP contribution in [0.1, 0.15) is 36.6 Å². The average Bonchev–Trinajstić information content (AvgIpc) is 3.01. The highest BCUT2D eigenvalue weighted by Gasteiger charge is 2.45. The minimum Gasteiger partial charge on any atom is -0.383 e. The molecular formula is C26H33N3O4S. The lowest BCUT2D eigenvalue weighted by Gasteiger charge is -2.36. The minimum atomic E-state index is -1.41. The molecule has 1 heterocycles. The molecule has 0 aromatic heterocycles. The molecule has 0 radical (unpaired) electrons. The van der Waals surface area contributed by atoms with Gasteiger partial charge in [-0.05, 0) is 29.9 Å². The first-order valence-corrected chi connectivity index (χ1v) is 12.6. The summed E-state index contributed by atoms with van der Waals surface area (Å²) in [4.78, 5) is 41.4. The summed E-state index contributed by atoms with van der Waals surface area (Å²) in [5.74, 6) is -1.23. The third-order valence-electron chi connectivity index (χ3n) is 5.73. The molecule has 8 heteroatoms. The van der Waals surface area contributed by atoms with Crippen LogP contribution in [0.25, 0.3) is 0 Å². The molecule has 0 aliphatic carbocycles. The van der Waals surface area contributed by atoms with E-state index in [1.807, 2.05) is 74.5 Å². The number of thioether (sulfide) groups is 1. The van der Waals surface area contributed by atoms with E-state index in [4.69, 9.17) is 5.73 Å². The number of nitrogens with two attached hydrogens (primary N) is 1. The zero-order valence-corrected chi connectivity index (χ0v) is 20.4. The second-order valence-electron chi connectivity index (χ2n) is 8.93. The molecule has 0 saturated carbocycles. The number of carbonyl (C=O) groups excluding carboxylic acids is 3. The molecule has 4 N–H and O–H groups in total. The van der Waals surface area contributed by atoms with Crippen LogP contribution in [-0.4, -0.2) is 58.2 Å². The largest absolute Gasteiger partial charge is 0.383 e. The van der Waals surface area contributed by atoms with Gasteiger partial charge >= 0.3 is 0 Å². The SMILES string of the molecule is CC(C)C[C@H](O)C(=O)N(C(=O)[C@@H](N)Cc1ccccc1)[C@@H]1C(=O)NCCS[C@@H]1c1ccccc1. The summed E-state index contributed by atoms with van der Waals surface area (Å²) >= 11 is 1.50. The summed E-state index contributed by atoms with van der Waals surface area (Å²) in [6, 6.07) is 16.5. The number of aliphatic hydroxyl groups excluding tert-OH is 1. The smallest absolute Gasteiger partial charge is 0.258 e. The van der Waals surface area contributed by atoms with Crippen LogP contribution >= 0.6 is 11.8 Å². The van der Waals surface area contributed by atoms with Crippen LogP contribution in [0.5, 0.6) is 0 Å². The Kier molecular flexibility index (Phi) is 9.27. The standard InChI is InChI=1S/C26H33N3O4S/c1-17(2)15-21(30)26(33)29(25(32)20(27)16-18-9-5-3-6-10-18)22-23(19-11-7-4-8-12-19)34-14-13-28-24(22)31/h3-12,17,20-23,30H,13-16,27H2,1-2H3,(H,28,31)/t20-,21-,22-,23+/m0/s1. The van der Waals surface area contributed by atoms with E-state index in [0.717, 1.165) is 16.0 Å². The molecule has 2 aromatic rings. The first-order chi connectivity index (χ1) is 16.3. The van der Waals surface area contributed by atoms with Crippen molar-refractivity contribution in [1.82, 2.24) is 10.2 Å². The van der Waals surface area contributed by atoms with Gasteiger partial charge in [-0.2, -0.15) is 0 Å². The average molecular weight is 484 g/mol. The number of hydrogen-bond acceptors (Lipinski definition) is 6. The Morgan fingerprint density at radius 2 is 1.71 bits per heavy atom. The Morgan fingerprint density at radius 3 is 2.32 bits per heavy atom. The van der Waals surface area contributed by atoms with E-state index in [2.05, 4.69) is 5.32 Å². The Balaban J connectivity index is 2.01. The third kappa shape index (κ3) is 6.46. The van der Waals surface area contributed by atoms with Gasteiger partial charge in [-0.15, -0.1) is 11.8 Å². The molecule has 3 rings (SSSR count). The van der Waals surface area contributed by atoms with Crippen molar-refractivity contribution in [1.29, 1.82) is 0 Å². The van der Waals surface area contributed by atoms with Gasteiger partial charge in [0.15, 0.2) is 0 Å². The highest BCUT2D eigenvalue weighted by molar-refractivity contribution is 7.99. The lowest BCUT2D eigenvalue weighted by Crippen LogP contribution is -2.60. The molecule has 2 aromatic carbocycles. The van der Waals surface area contributed by atoms with Crippen LogP contribution in [0.4, 0.5) is 0 Å². The van der Waals surface area contributed by atoms with Gasteiger partial charge in [0.25, 0.3) is 5.91 Å². The topological polar surface area (TPSA) is 113 Å². The first kappa shape index (κ1) is 25.9. The molecule has 1 aliphatic rings. The summed E-state index contributed by atoms with van der Waals surface area (Å²) in [5.41, 5.74) is 7.98. The summed E-state index contributed by atoms with van der Waals surface area (Å²) in [6.45, 7) is 4.18. The zero-order chi connectivity index (χ0) is 24.7. The van der Waals surface area contributed by atoms with E-state index in [1.54, 1.807) is 0 Å². The van der Waals surface area contributed by atoms with Crippen LogP contribution in [0.3, 0.4) is 0 Å². The summed E-state index contributed by atoms with van der Waals surface area (Å²) in [5, 5.41) is 13.0. The highest BCUT2D eigenvalue weighted by Crippen LogP contribution is 2.37. The monoisotopic (exact) mass is 483 g/mol. The van der Waals surface area contributed by atoms with Gasteiger partial charge in [0.1, 0.15) is 12.1 Å². The van der Waals surface area contributed by atoms with Crippen molar-refractivity contribution in [3.8, 4) is 0 Å². The zero-order valence-electron chi connectivity index (χ0n) is 19.6. The van der Waals surface area contributed by atoms with Crippen LogP contribution in [0, 0.1) is 5.92 Å². The van der Waals surface area contributed by atoms with Gasteiger partial charge in [-0.3, -0.25) is 19.3 Å². The van der Waals surface area contributed by atoms with Crippen molar-refractivity contribution in [2.45, 2.75) is 50.1 Å². The number of nitrogens with one attached hydrogen (secondary N) is 1. The van der Waals surface area contributed by atoms with Gasteiger partial charge in [0, 0.05) is 12.3 Å². The molecule has 3 amide bonds. The fourth-order valence-corrected chi connectivity index (χ4v) is 5.34. The molecular weight excluding hydrogens is 450 g/mol. The number of nitrogens with zero attached hydrogens (tertiary/aromatic N) is 1. The van der Waals surface area contributed by atoms with Crippen molar-refractivity contribution < 1.29 is 19.5 Å². The van der Waals surface area contributed by atoms with Crippen molar-refractivity contribution in [3.05, 3.63) is 71.8 Å². The van der Waals surface area contributed by atoms with Gasteiger partial charge in [-0.1, -0.05) is 74.5 Å². The maximum absolute atomic E-state index is 13.7. The third-order valence-corrected chi connectivity index (χ3v) is 7.06. The molecule has 0 spiro atoms. The maximum atomic E-state index is 13.7. The van der Waals surface area contributed by atoms with Crippen molar-refractivity contribution in [3.63, 3.8) is 0 Å². The Hall–Kier alpha value is -2.68. The molecule has 4 atom stereocenters. The lowest BCUT2D eigenvalue weighted by atomic mass is 9.98. The Bertz CT molecular complexity index is 971. The van der Waals surface area contributed by atoms with E-state index in [-0.39, 0.29) is 18.8 Å². The Labute approximate surface area is 205 Å². The second kappa shape index (κ2) is 12.1. The van der Waals surface area contributed by atoms with Crippen LogP contribution in [0.15, 0.2) is 60.7 Å². The fraction of sp³-hybridized carbons (Fsp3) is 0.423. The molecule has 0 bridgehead atoms. The van der Waals surface area contributed by atoms with E-state index in [1.165, 1.54) is 11.8 Å². The Morgan fingerprint density at radius 1 is 1.09 bits per heavy atom. The molecule has 34 heavy (non-hydrogen) atoms. The molecule has 182 valence electrons. The quantitative estimate of drug-likeness (QED) is 0.531. The summed E-state index contributed by atoms with van der Waals surface area (Å²) in [6.07, 6.45) is -1.03. The van der Waals surface area contributed by atoms with E-state index in [0.29, 0.717) is 12.3 Å². The minimum absolute atomic E-state index is 0.0242. The summed E-state index contributed by atoms with van der Waals surface area (Å²) in [7, 11) is 0. The summed E-state index contributed by atoms with van der Waals surface area (Å²) < 4.78 is 0. The fourth-order valence-electron chi connectivity index (χ4n) is 4.09. The number of amides is 3. The predicted octanol–water partition coefficient (Wildman–Crippen LogP) is 2.29. The van der Waals surface area contributed by atoms with Gasteiger partial charge < -0.3 is 16.2 Å². The highest BCUT2D eigenvalue weighted by atomic mass is 32.2. The maximum Gasteiger partial charge on any atom is 0.258 e. The van der Waals surface area contributed by atoms with E-state index >= 15 is 0 Å². The molecule has 0 unspecified atom stereocenters. The van der Waals surface area contributed by atoms with Gasteiger partial charge in [0.2, 0.25) is 11.8 Å². The molecule has 1 aliphatic heterocycles. The van der Waals surface area contributed by atoms with Crippen molar-refractivity contribution in [2.24, 2.45) is 11.7 Å². The number of rotatable bonds is 8. The van der Waals surface area contributed by atoms with Gasteiger partial charge in [0.05, 0.1) is 11.3 Å². The van der Waals surface area contributed by atoms with Crippen molar-refractivity contribution >= 4 is 29.5 Å². The second-order valence-corrected chi connectivity index (χ2v) is 10.2. The molecule has 1 saturated heterocycles. The number of aliphatic hydroxyl groups is 1. The first-order valence-electron chi connectivity index (χ1n) is 11.6. The van der Waals surface area contributed by atoms with Gasteiger partial charge in [-0.25, -0.2) is 0 Å². The predicted molar refractivity (Wildman–Crippen MR) is 134 cm³/mol. The number of imide groups is 1.